The summed E-state index contributed by atoms with van der Waals surface area (Å²) in [6.07, 6.45) is 3.44. The Morgan fingerprint density at radius 3 is 2.75 bits per heavy atom. The van der Waals surface area contributed by atoms with Crippen molar-refractivity contribution in [2.45, 2.75) is 43.9 Å². The van der Waals surface area contributed by atoms with E-state index in [-0.39, 0.29) is 5.91 Å². The number of hydrogen-bond acceptors (Lipinski definition) is 6. The van der Waals surface area contributed by atoms with Crippen molar-refractivity contribution in [3.8, 4) is 5.75 Å². The lowest BCUT2D eigenvalue weighted by Crippen LogP contribution is -2.12. The molecule has 5 nitrogen and oxygen atoms in total. The smallest absolute Gasteiger partial charge is 0.226 e. The third-order valence-electron chi connectivity index (χ3n) is 3.25. The van der Waals surface area contributed by atoms with Gasteiger partial charge in [0.25, 0.3) is 0 Å². The molecule has 0 spiro atoms. The monoisotopic (exact) mass is 365 g/mol. The Kier molecular flexibility index (Phi) is 8.04. The number of nitrogens with one attached hydrogen (secondary N) is 1. The van der Waals surface area contributed by atoms with E-state index in [0.717, 1.165) is 27.8 Å². The van der Waals surface area contributed by atoms with Gasteiger partial charge in [0.2, 0.25) is 11.0 Å². The van der Waals surface area contributed by atoms with Gasteiger partial charge >= 0.3 is 0 Å². The fraction of sp³-hybridized carbons (Fsp3) is 0.471. The van der Waals surface area contributed by atoms with Crippen LogP contribution in [-0.2, 0) is 11.2 Å². The number of amides is 1. The molecule has 0 aliphatic carbocycles. The van der Waals surface area contributed by atoms with Crippen LogP contribution in [0.15, 0.2) is 28.6 Å². The second-order valence-corrected chi connectivity index (χ2v) is 7.52. The Balaban J connectivity index is 1.74. The van der Waals surface area contributed by atoms with Gasteiger partial charge < -0.3 is 10.1 Å². The SMILES string of the molecule is CCCCSc1nnc(NC(=O)CCc2ccc(OCC)cc2)s1. The Morgan fingerprint density at radius 1 is 1.25 bits per heavy atom. The highest BCUT2D eigenvalue weighted by molar-refractivity contribution is 8.01. The lowest BCUT2D eigenvalue weighted by atomic mass is 10.1. The topological polar surface area (TPSA) is 64.1 Å². The Morgan fingerprint density at radius 2 is 2.04 bits per heavy atom. The third kappa shape index (κ3) is 6.49. The van der Waals surface area contributed by atoms with Crippen LogP contribution in [0.25, 0.3) is 0 Å². The third-order valence-corrected chi connectivity index (χ3v) is 5.31. The van der Waals surface area contributed by atoms with Crippen LogP contribution in [0.3, 0.4) is 0 Å². The zero-order valence-corrected chi connectivity index (χ0v) is 15.7. The predicted molar refractivity (Wildman–Crippen MR) is 100 cm³/mol. The molecule has 0 bridgehead atoms. The van der Waals surface area contributed by atoms with Crippen molar-refractivity contribution in [3.05, 3.63) is 29.8 Å². The zero-order chi connectivity index (χ0) is 17.2. The molecular formula is C17H23N3O2S2. The van der Waals surface area contributed by atoms with Gasteiger partial charge in [-0.2, -0.15) is 0 Å². The molecule has 0 saturated heterocycles. The first-order valence-electron chi connectivity index (χ1n) is 8.19. The maximum Gasteiger partial charge on any atom is 0.226 e. The molecule has 2 aromatic rings. The molecule has 1 heterocycles. The summed E-state index contributed by atoms with van der Waals surface area (Å²) in [5.41, 5.74) is 1.11. The highest BCUT2D eigenvalue weighted by atomic mass is 32.2. The fourth-order valence-corrected chi connectivity index (χ4v) is 3.90. The molecule has 0 atom stereocenters. The van der Waals surface area contributed by atoms with Gasteiger partial charge in [-0.1, -0.05) is 48.6 Å². The summed E-state index contributed by atoms with van der Waals surface area (Å²) >= 11 is 3.12. The molecule has 0 unspecified atom stereocenters. The number of ether oxygens (including phenoxy) is 1. The minimum absolute atomic E-state index is 0.0369. The van der Waals surface area contributed by atoms with Crippen molar-refractivity contribution in [1.82, 2.24) is 10.2 Å². The maximum atomic E-state index is 12.0. The van der Waals surface area contributed by atoms with Gasteiger partial charge in [-0.15, -0.1) is 10.2 Å². The number of aromatic nitrogens is 2. The second-order valence-electron chi connectivity index (χ2n) is 5.20. The number of carbonyl (C=O) groups is 1. The minimum Gasteiger partial charge on any atom is -0.494 e. The summed E-state index contributed by atoms with van der Waals surface area (Å²) in [5, 5.41) is 11.5. The fourth-order valence-electron chi connectivity index (χ4n) is 1.98. The van der Waals surface area contributed by atoms with Gasteiger partial charge in [0.15, 0.2) is 4.34 Å². The van der Waals surface area contributed by atoms with Gasteiger partial charge in [0.05, 0.1) is 6.61 Å². The quantitative estimate of drug-likeness (QED) is 0.384. The van der Waals surface area contributed by atoms with Gasteiger partial charge in [0, 0.05) is 12.2 Å². The summed E-state index contributed by atoms with van der Waals surface area (Å²) in [7, 11) is 0. The van der Waals surface area contributed by atoms with E-state index in [2.05, 4.69) is 22.4 Å². The van der Waals surface area contributed by atoms with Gasteiger partial charge in [0.1, 0.15) is 5.75 Å². The first kappa shape index (κ1) is 18.7. The molecule has 0 aliphatic rings. The molecular weight excluding hydrogens is 342 g/mol. The normalized spacial score (nSPS) is 10.6. The predicted octanol–water partition coefficient (Wildman–Crippen LogP) is 4.40. The number of anilines is 1. The number of rotatable bonds is 10. The summed E-state index contributed by atoms with van der Waals surface area (Å²) in [6.45, 7) is 4.78. The molecule has 7 heteroatoms. The van der Waals surface area contributed by atoms with E-state index in [0.29, 0.717) is 24.6 Å². The molecule has 2 rings (SSSR count). The molecule has 1 aromatic carbocycles. The van der Waals surface area contributed by atoms with E-state index >= 15 is 0 Å². The van der Waals surface area contributed by atoms with Crippen molar-refractivity contribution in [3.63, 3.8) is 0 Å². The van der Waals surface area contributed by atoms with Crippen LogP contribution in [0.5, 0.6) is 5.75 Å². The number of thioether (sulfide) groups is 1. The largest absolute Gasteiger partial charge is 0.494 e. The van der Waals surface area contributed by atoms with E-state index in [9.17, 15) is 4.79 Å². The van der Waals surface area contributed by atoms with Crippen LogP contribution in [0.4, 0.5) is 5.13 Å². The van der Waals surface area contributed by atoms with E-state index in [1.54, 1.807) is 11.8 Å². The first-order valence-corrected chi connectivity index (χ1v) is 9.99. The Labute approximate surface area is 151 Å². The average molecular weight is 366 g/mol. The first-order chi connectivity index (χ1) is 11.7. The minimum atomic E-state index is -0.0369. The van der Waals surface area contributed by atoms with Crippen molar-refractivity contribution >= 4 is 34.1 Å². The van der Waals surface area contributed by atoms with Crippen molar-refractivity contribution in [2.75, 3.05) is 17.7 Å². The Hall–Kier alpha value is -1.60. The van der Waals surface area contributed by atoms with Crippen LogP contribution >= 0.6 is 23.1 Å². The van der Waals surface area contributed by atoms with Crippen molar-refractivity contribution in [1.29, 1.82) is 0 Å². The molecule has 0 aliphatic heterocycles. The summed E-state index contributed by atoms with van der Waals surface area (Å²) in [6, 6.07) is 7.85. The van der Waals surface area contributed by atoms with Crippen LogP contribution in [-0.4, -0.2) is 28.5 Å². The van der Waals surface area contributed by atoms with Gasteiger partial charge in [-0.3, -0.25) is 4.79 Å². The van der Waals surface area contributed by atoms with E-state index in [1.165, 1.54) is 17.8 Å². The highest BCUT2D eigenvalue weighted by Gasteiger charge is 2.09. The average Bonchev–Trinajstić information content (AvgIpc) is 3.02. The molecule has 24 heavy (non-hydrogen) atoms. The Bertz CT molecular complexity index is 629. The maximum absolute atomic E-state index is 12.0. The molecule has 130 valence electrons. The molecule has 1 N–H and O–H groups in total. The number of aryl methyl sites for hydroxylation is 1. The van der Waals surface area contributed by atoms with Crippen molar-refractivity contribution < 1.29 is 9.53 Å². The van der Waals surface area contributed by atoms with Crippen LogP contribution in [0, 0.1) is 0 Å². The standard InChI is InChI=1S/C17H23N3O2S2/c1-3-5-12-23-17-20-19-16(24-17)18-15(21)11-8-13-6-9-14(10-7-13)22-4-2/h6-7,9-10H,3-5,8,11-12H2,1-2H3,(H,18,19,21). The summed E-state index contributed by atoms with van der Waals surface area (Å²) < 4.78 is 6.32. The number of benzene rings is 1. The lowest BCUT2D eigenvalue weighted by Gasteiger charge is -2.05. The number of carbonyl (C=O) groups excluding carboxylic acids is 1. The van der Waals surface area contributed by atoms with E-state index in [4.69, 9.17) is 4.74 Å². The van der Waals surface area contributed by atoms with Crippen LogP contribution in [0.2, 0.25) is 0 Å². The van der Waals surface area contributed by atoms with E-state index < -0.39 is 0 Å². The number of hydrogen-bond donors (Lipinski definition) is 1. The molecule has 1 amide bonds. The zero-order valence-electron chi connectivity index (χ0n) is 14.1. The number of unbranched alkanes of at least 4 members (excludes halogenated alkanes) is 1. The molecule has 0 fully saturated rings. The van der Waals surface area contributed by atoms with Crippen LogP contribution in [0.1, 0.15) is 38.7 Å². The molecule has 1 aromatic heterocycles. The molecule has 0 radical (unpaired) electrons. The summed E-state index contributed by atoms with van der Waals surface area (Å²) in [5.74, 6) is 1.86. The van der Waals surface area contributed by atoms with Gasteiger partial charge in [-0.25, -0.2) is 0 Å². The number of nitrogens with zero attached hydrogens (tertiary/aromatic N) is 2. The van der Waals surface area contributed by atoms with Gasteiger partial charge in [-0.05, 0) is 37.5 Å². The molecule has 0 saturated carbocycles. The van der Waals surface area contributed by atoms with E-state index in [1.807, 2.05) is 31.2 Å². The lowest BCUT2D eigenvalue weighted by molar-refractivity contribution is -0.116. The summed E-state index contributed by atoms with van der Waals surface area (Å²) in [4.78, 5) is 12.0. The highest BCUT2D eigenvalue weighted by Crippen LogP contribution is 2.26. The van der Waals surface area contributed by atoms with Crippen LogP contribution < -0.4 is 10.1 Å². The van der Waals surface area contributed by atoms with Crippen molar-refractivity contribution in [2.24, 2.45) is 0 Å². The second kappa shape index (κ2) is 10.3.